The van der Waals surface area contributed by atoms with Gasteiger partial charge in [0, 0.05) is 43.4 Å². The Morgan fingerprint density at radius 1 is 1.23 bits per heavy atom. The standard InChI is InChI=1S/C21H30N8OS/c1-16-13-17(2)26-20(25-16)27-19(24-15-18-5-3-6-22-14-18)28-21(31)23-7-4-8-29-9-11-30-12-10-29/h3,5-6,13-14H,4,7-12,15H2,1-2H3,(H3,23,24,25,26,27,28,31). The Morgan fingerprint density at radius 2 is 2.00 bits per heavy atom. The third-order valence-electron chi connectivity index (χ3n) is 4.63. The van der Waals surface area contributed by atoms with Gasteiger partial charge in [-0.25, -0.2) is 15.0 Å². The van der Waals surface area contributed by atoms with Gasteiger partial charge >= 0.3 is 0 Å². The van der Waals surface area contributed by atoms with Crippen molar-refractivity contribution in [2.75, 3.05) is 44.7 Å². The molecule has 31 heavy (non-hydrogen) atoms. The molecular weight excluding hydrogens is 412 g/mol. The number of pyridine rings is 1. The number of hydrogen-bond acceptors (Lipinski definition) is 7. The number of guanidine groups is 1. The van der Waals surface area contributed by atoms with Gasteiger partial charge in [-0.15, -0.1) is 0 Å². The fourth-order valence-corrected chi connectivity index (χ4v) is 3.34. The SMILES string of the molecule is Cc1cc(C)nc(NC(=NCc2cccnc2)NC(=S)NCCCN2CCOCC2)n1. The van der Waals surface area contributed by atoms with Gasteiger partial charge in [0.25, 0.3) is 0 Å². The number of aryl methyl sites for hydroxylation is 2. The first-order valence-corrected chi connectivity index (χ1v) is 10.9. The zero-order valence-electron chi connectivity index (χ0n) is 18.1. The minimum Gasteiger partial charge on any atom is -0.379 e. The Bertz CT molecular complexity index is 851. The zero-order valence-corrected chi connectivity index (χ0v) is 18.9. The van der Waals surface area contributed by atoms with E-state index in [-0.39, 0.29) is 0 Å². The van der Waals surface area contributed by atoms with Crippen LogP contribution in [-0.4, -0.2) is 70.3 Å². The van der Waals surface area contributed by atoms with Crippen LogP contribution in [0.25, 0.3) is 0 Å². The molecular formula is C21H30N8OS. The van der Waals surface area contributed by atoms with E-state index in [1.165, 1.54) is 0 Å². The van der Waals surface area contributed by atoms with E-state index in [0.717, 1.165) is 62.8 Å². The van der Waals surface area contributed by atoms with Crippen molar-refractivity contribution in [1.82, 2.24) is 30.5 Å². The molecule has 3 N–H and O–H groups in total. The normalized spacial score (nSPS) is 14.8. The molecule has 0 amide bonds. The summed E-state index contributed by atoms with van der Waals surface area (Å²) in [4.78, 5) is 20.0. The first-order valence-electron chi connectivity index (χ1n) is 10.5. The van der Waals surface area contributed by atoms with Crippen LogP contribution in [0.3, 0.4) is 0 Å². The third-order valence-corrected chi connectivity index (χ3v) is 4.87. The predicted octanol–water partition coefficient (Wildman–Crippen LogP) is 1.64. The smallest absolute Gasteiger partial charge is 0.229 e. The fourth-order valence-electron chi connectivity index (χ4n) is 3.14. The van der Waals surface area contributed by atoms with Crippen molar-refractivity contribution in [2.24, 2.45) is 4.99 Å². The van der Waals surface area contributed by atoms with Crippen molar-refractivity contribution in [3.63, 3.8) is 0 Å². The number of morpholine rings is 1. The summed E-state index contributed by atoms with van der Waals surface area (Å²) in [6.07, 6.45) is 4.53. The van der Waals surface area contributed by atoms with E-state index in [1.807, 2.05) is 32.0 Å². The largest absolute Gasteiger partial charge is 0.379 e. The molecule has 2 aromatic heterocycles. The number of hydrogen-bond donors (Lipinski definition) is 3. The number of anilines is 1. The maximum Gasteiger partial charge on any atom is 0.229 e. The highest BCUT2D eigenvalue weighted by Gasteiger charge is 2.10. The molecule has 9 nitrogen and oxygen atoms in total. The predicted molar refractivity (Wildman–Crippen MR) is 126 cm³/mol. The molecule has 0 aromatic carbocycles. The molecule has 166 valence electrons. The lowest BCUT2D eigenvalue weighted by Crippen LogP contribution is -2.44. The average Bonchev–Trinajstić information content (AvgIpc) is 2.76. The molecule has 3 rings (SSSR count). The van der Waals surface area contributed by atoms with Gasteiger partial charge in [0.1, 0.15) is 0 Å². The van der Waals surface area contributed by atoms with Gasteiger partial charge in [-0.05, 0) is 56.7 Å². The van der Waals surface area contributed by atoms with Crippen molar-refractivity contribution >= 4 is 29.2 Å². The maximum atomic E-state index is 5.47. The van der Waals surface area contributed by atoms with Gasteiger partial charge in [0.05, 0.1) is 19.8 Å². The highest BCUT2D eigenvalue weighted by atomic mass is 32.1. The second-order valence-corrected chi connectivity index (χ2v) is 7.72. The highest BCUT2D eigenvalue weighted by molar-refractivity contribution is 7.80. The Morgan fingerprint density at radius 3 is 2.71 bits per heavy atom. The second kappa shape index (κ2) is 12.2. The molecule has 0 spiro atoms. The molecule has 0 radical (unpaired) electrons. The molecule has 0 aliphatic carbocycles. The van der Waals surface area contributed by atoms with Crippen LogP contribution in [0, 0.1) is 13.8 Å². The van der Waals surface area contributed by atoms with Crippen LogP contribution in [-0.2, 0) is 11.3 Å². The lowest BCUT2D eigenvalue weighted by atomic mass is 10.3. The molecule has 1 aliphatic rings. The third kappa shape index (κ3) is 8.52. The summed E-state index contributed by atoms with van der Waals surface area (Å²) in [7, 11) is 0. The van der Waals surface area contributed by atoms with Crippen LogP contribution in [0.15, 0.2) is 35.6 Å². The van der Waals surface area contributed by atoms with E-state index in [4.69, 9.17) is 17.0 Å². The molecule has 0 bridgehead atoms. The summed E-state index contributed by atoms with van der Waals surface area (Å²) < 4.78 is 5.38. The van der Waals surface area contributed by atoms with Crippen molar-refractivity contribution in [3.05, 3.63) is 47.5 Å². The lowest BCUT2D eigenvalue weighted by molar-refractivity contribution is 0.0376. The first kappa shape index (κ1) is 23.0. The van der Waals surface area contributed by atoms with Gasteiger partial charge in [-0.2, -0.15) is 0 Å². The molecule has 1 aliphatic heterocycles. The van der Waals surface area contributed by atoms with Crippen LogP contribution in [0.5, 0.6) is 0 Å². The Balaban J connectivity index is 1.55. The van der Waals surface area contributed by atoms with E-state index in [9.17, 15) is 0 Å². The molecule has 1 saturated heterocycles. The maximum absolute atomic E-state index is 5.47. The summed E-state index contributed by atoms with van der Waals surface area (Å²) in [5.74, 6) is 0.963. The van der Waals surface area contributed by atoms with Crippen LogP contribution in [0.4, 0.5) is 5.95 Å². The molecule has 0 saturated carbocycles. The summed E-state index contributed by atoms with van der Waals surface area (Å²) in [6, 6.07) is 5.79. The summed E-state index contributed by atoms with van der Waals surface area (Å²) in [6.45, 7) is 9.73. The molecule has 2 aromatic rings. The van der Waals surface area contributed by atoms with Crippen LogP contribution in [0.2, 0.25) is 0 Å². The Kier molecular flexibility index (Phi) is 9.07. The van der Waals surface area contributed by atoms with Crippen molar-refractivity contribution in [1.29, 1.82) is 0 Å². The number of nitrogens with one attached hydrogen (secondary N) is 3. The molecule has 0 unspecified atom stereocenters. The van der Waals surface area contributed by atoms with E-state index < -0.39 is 0 Å². The average molecular weight is 443 g/mol. The van der Waals surface area contributed by atoms with E-state index >= 15 is 0 Å². The summed E-state index contributed by atoms with van der Waals surface area (Å²) in [5.41, 5.74) is 2.75. The summed E-state index contributed by atoms with van der Waals surface area (Å²) in [5, 5.41) is 10.0. The van der Waals surface area contributed by atoms with Crippen LogP contribution >= 0.6 is 12.2 Å². The van der Waals surface area contributed by atoms with E-state index in [0.29, 0.717) is 23.6 Å². The Hall–Kier alpha value is -2.69. The minimum atomic E-state index is 0.452. The minimum absolute atomic E-state index is 0.452. The molecule has 10 heteroatoms. The van der Waals surface area contributed by atoms with Crippen molar-refractivity contribution in [2.45, 2.75) is 26.8 Å². The van der Waals surface area contributed by atoms with E-state index in [2.05, 4.69) is 40.8 Å². The van der Waals surface area contributed by atoms with Gasteiger partial charge in [0.15, 0.2) is 5.11 Å². The molecule has 1 fully saturated rings. The number of nitrogens with zero attached hydrogens (tertiary/aromatic N) is 5. The number of aliphatic imine (C=N–C) groups is 1. The topological polar surface area (TPSA) is 99.6 Å². The monoisotopic (exact) mass is 442 g/mol. The van der Waals surface area contributed by atoms with Gasteiger partial charge in [-0.1, -0.05) is 6.07 Å². The van der Waals surface area contributed by atoms with Crippen molar-refractivity contribution < 1.29 is 4.74 Å². The fraction of sp³-hybridized carbons (Fsp3) is 0.476. The number of ether oxygens (including phenoxy) is 1. The van der Waals surface area contributed by atoms with Crippen molar-refractivity contribution in [3.8, 4) is 0 Å². The number of rotatable bonds is 7. The number of aromatic nitrogens is 3. The summed E-state index contributed by atoms with van der Waals surface area (Å²) >= 11 is 5.47. The van der Waals surface area contributed by atoms with Crippen LogP contribution < -0.4 is 16.0 Å². The van der Waals surface area contributed by atoms with E-state index in [1.54, 1.807) is 12.4 Å². The highest BCUT2D eigenvalue weighted by Crippen LogP contribution is 2.04. The lowest BCUT2D eigenvalue weighted by Gasteiger charge is -2.26. The molecule has 3 heterocycles. The first-order chi connectivity index (χ1) is 15.1. The van der Waals surface area contributed by atoms with Gasteiger partial charge in [-0.3, -0.25) is 15.2 Å². The molecule has 0 atom stereocenters. The zero-order chi connectivity index (χ0) is 21.9. The second-order valence-electron chi connectivity index (χ2n) is 7.31. The Labute approximate surface area is 188 Å². The van der Waals surface area contributed by atoms with Gasteiger partial charge < -0.3 is 15.4 Å². The quantitative estimate of drug-likeness (QED) is 0.256. The van der Waals surface area contributed by atoms with Crippen LogP contribution in [0.1, 0.15) is 23.4 Å². The number of thiocarbonyl (C=S) groups is 1. The van der Waals surface area contributed by atoms with Gasteiger partial charge in [0.2, 0.25) is 11.9 Å².